The number of carbonyl (C=O) groups is 1. The molecule has 1 aromatic rings. The highest BCUT2D eigenvalue weighted by molar-refractivity contribution is 5.90. The molecule has 2 N–H and O–H groups in total. The molecule has 0 aliphatic carbocycles. The number of aromatic nitrogens is 1. The lowest BCUT2D eigenvalue weighted by molar-refractivity contribution is 0.0526. The van der Waals surface area contributed by atoms with E-state index < -0.39 is 11.9 Å². The van der Waals surface area contributed by atoms with Crippen LogP contribution in [0.5, 0.6) is 0 Å². The fourth-order valence-corrected chi connectivity index (χ4v) is 1.16. The first-order chi connectivity index (χ1) is 7.72. The van der Waals surface area contributed by atoms with Gasteiger partial charge in [0.05, 0.1) is 23.8 Å². The van der Waals surface area contributed by atoms with Crippen LogP contribution in [0.15, 0.2) is 18.3 Å². The lowest BCUT2D eigenvalue weighted by Crippen LogP contribution is -2.08. The van der Waals surface area contributed by atoms with Gasteiger partial charge in [-0.2, -0.15) is 0 Å². The largest absolute Gasteiger partial charge is 0.462 e. The van der Waals surface area contributed by atoms with Gasteiger partial charge >= 0.3 is 5.97 Å². The fourth-order valence-electron chi connectivity index (χ4n) is 1.16. The number of hydrogen-bond acceptors (Lipinski definition) is 5. The summed E-state index contributed by atoms with van der Waals surface area (Å²) in [6, 6.07) is 3.20. The predicted molar refractivity (Wildman–Crippen MR) is 60.5 cm³/mol. The molecular weight excluding hydrogens is 206 g/mol. The number of ether oxygens (including phenoxy) is 1. The second kappa shape index (κ2) is 5.75. The normalized spacial score (nSPS) is 11.6. The van der Waals surface area contributed by atoms with Gasteiger partial charge < -0.3 is 15.6 Å². The zero-order valence-electron chi connectivity index (χ0n) is 8.93. The molecule has 84 valence electrons. The monoisotopic (exact) mass is 219 g/mol. The number of carbonyl (C=O) groups excluding carboxylic acids is 1. The number of nitrogens with one attached hydrogen (secondary N) is 2. The first-order valence-corrected chi connectivity index (χ1v) is 4.87. The highest BCUT2D eigenvalue weighted by Crippen LogP contribution is 2.09. The number of pyridine rings is 1. The molecule has 0 atom stereocenters. The van der Waals surface area contributed by atoms with Crippen LogP contribution in [0, 0.1) is 10.8 Å². The molecule has 0 aromatic carbocycles. The Kier molecular flexibility index (Phi) is 4.32. The number of nitrogens with zero attached hydrogens (tertiary/aromatic N) is 1. The highest BCUT2D eigenvalue weighted by Gasteiger charge is 2.10. The van der Waals surface area contributed by atoms with Crippen LogP contribution in [0.1, 0.15) is 28.9 Å². The van der Waals surface area contributed by atoms with Crippen molar-refractivity contribution in [2.75, 3.05) is 6.61 Å². The summed E-state index contributed by atoms with van der Waals surface area (Å²) >= 11 is 0. The Hall–Kier alpha value is -2.04. The van der Waals surface area contributed by atoms with E-state index in [0.29, 0.717) is 17.9 Å². The van der Waals surface area contributed by atoms with Gasteiger partial charge in [0.25, 0.3) is 0 Å². The summed E-state index contributed by atoms with van der Waals surface area (Å²) in [7, 11) is 0. The van der Waals surface area contributed by atoms with Crippen molar-refractivity contribution in [1.29, 1.82) is 10.8 Å². The Morgan fingerprint density at radius 2 is 2.19 bits per heavy atom. The molecule has 0 amide bonds. The average molecular weight is 219 g/mol. The van der Waals surface area contributed by atoms with E-state index in [1.165, 1.54) is 6.20 Å². The Labute approximate surface area is 93.5 Å². The van der Waals surface area contributed by atoms with Crippen molar-refractivity contribution >= 4 is 18.4 Å². The van der Waals surface area contributed by atoms with E-state index in [-0.39, 0.29) is 0 Å². The van der Waals surface area contributed by atoms with E-state index in [4.69, 9.17) is 15.6 Å². The maximum absolute atomic E-state index is 11.3. The zero-order chi connectivity index (χ0) is 12.0. The van der Waals surface area contributed by atoms with E-state index >= 15 is 0 Å². The van der Waals surface area contributed by atoms with Gasteiger partial charge in [-0.1, -0.05) is 0 Å². The molecule has 0 saturated carbocycles. The van der Waals surface area contributed by atoms with Crippen molar-refractivity contribution in [2.45, 2.75) is 12.8 Å². The maximum Gasteiger partial charge on any atom is 0.339 e. The molecular formula is C11H13N3O2. The van der Waals surface area contributed by atoms with Crippen molar-refractivity contribution in [1.82, 2.24) is 4.98 Å². The van der Waals surface area contributed by atoms with E-state index in [9.17, 15) is 4.79 Å². The predicted octanol–water partition coefficient (Wildman–Crippen LogP) is 1.64. The van der Waals surface area contributed by atoms with E-state index in [0.717, 1.165) is 12.4 Å². The van der Waals surface area contributed by atoms with Gasteiger partial charge in [-0.05, 0) is 19.1 Å². The minimum absolute atomic E-state index is 0.324. The third-order valence-electron chi connectivity index (χ3n) is 2.00. The van der Waals surface area contributed by atoms with Crippen LogP contribution in [0.4, 0.5) is 0 Å². The maximum atomic E-state index is 11.3. The van der Waals surface area contributed by atoms with Gasteiger partial charge in [-0.25, -0.2) is 4.79 Å². The standard InChI is InChI=1S/C11H13N3O2/c1-2-16-11(15)8-3-4-10(14-7-8)9(5-12)6-13/h3-7,9,12-13H,2H2,1H3. The van der Waals surface area contributed by atoms with Crippen LogP contribution >= 0.6 is 0 Å². The molecule has 16 heavy (non-hydrogen) atoms. The van der Waals surface area contributed by atoms with Gasteiger partial charge in [0.1, 0.15) is 0 Å². The van der Waals surface area contributed by atoms with E-state index in [1.807, 2.05) is 0 Å². The smallest absolute Gasteiger partial charge is 0.339 e. The van der Waals surface area contributed by atoms with Crippen LogP contribution < -0.4 is 0 Å². The van der Waals surface area contributed by atoms with Crippen molar-refractivity contribution < 1.29 is 9.53 Å². The molecule has 0 fully saturated rings. The van der Waals surface area contributed by atoms with Gasteiger partial charge in [-0.3, -0.25) is 4.98 Å². The third-order valence-corrected chi connectivity index (χ3v) is 2.00. The molecule has 0 saturated heterocycles. The van der Waals surface area contributed by atoms with Crippen molar-refractivity contribution in [3.63, 3.8) is 0 Å². The van der Waals surface area contributed by atoms with Crippen molar-refractivity contribution in [2.24, 2.45) is 0 Å². The van der Waals surface area contributed by atoms with Crippen molar-refractivity contribution in [3.05, 3.63) is 29.6 Å². The first-order valence-electron chi connectivity index (χ1n) is 4.87. The molecule has 5 nitrogen and oxygen atoms in total. The summed E-state index contributed by atoms with van der Waals surface area (Å²) < 4.78 is 4.81. The van der Waals surface area contributed by atoms with Gasteiger partial charge in [0.15, 0.2) is 0 Å². The Morgan fingerprint density at radius 3 is 2.62 bits per heavy atom. The topological polar surface area (TPSA) is 86.9 Å². The molecule has 0 bridgehead atoms. The van der Waals surface area contributed by atoms with Crippen LogP contribution in [0.2, 0.25) is 0 Å². The van der Waals surface area contributed by atoms with Crippen LogP contribution in [0.3, 0.4) is 0 Å². The Bertz CT molecular complexity index is 379. The van der Waals surface area contributed by atoms with Gasteiger partial charge in [0, 0.05) is 18.6 Å². The summed E-state index contributed by atoms with van der Waals surface area (Å²) in [5, 5.41) is 14.2. The molecule has 5 heteroatoms. The molecule has 0 spiro atoms. The summed E-state index contributed by atoms with van der Waals surface area (Å²) in [5.74, 6) is -0.848. The third kappa shape index (κ3) is 2.73. The van der Waals surface area contributed by atoms with Gasteiger partial charge in [0.2, 0.25) is 0 Å². The summed E-state index contributed by atoms with van der Waals surface area (Å²) in [6.07, 6.45) is 3.64. The number of rotatable bonds is 5. The summed E-state index contributed by atoms with van der Waals surface area (Å²) in [6.45, 7) is 2.06. The van der Waals surface area contributed by atoms with Crippen LogP contribution in [-0.4, -0.2) is 30.0 Å². The highest BCUT2D eigenvalue weighted by atomic mass is 16.5. The molecule has 0 unspecified atom stereocenters. The Morgan fingerprint density at radius 1 is 1.50 bits per heavy atom. The molecule has 1 rings (SSSR count). The number of esters is 1. The quantitative estimate of drug-likeness (QED) is 0.583. The molecule has 0 aliphatic rings. The minimum Gasteiger partial charge on any atom is -0.462 e. The van der Waals surface area contributed by atoms with Crippen LogP contribution in [-0.2, 0) is 4.74 Å². The van der Waals surface area contributed by atoms with Crippen molar-refractivity contribution in [3.8, 4) is 0 Å². The van der Waals surface area contributed by atoms with Gasteiger partial charge in [-0.15, -0.1) is 0 Å². The van der Waals surface area contributed by atoms with E-state index in [2.05, 4.69) is 4.98 Å². The SMILES string of the molecule is CCOC(=O)c1ccc(C(C=N)C=N)nc1. The molecule has 0 aliphatic heterocycles. The lowest BCUT2D eigenvalue weighted by Gasteiger charge is -2.05. The Balaban J connectivity index is 2.86. The zero-order valence-corrected chi connectivity index (χ0v) is 8.93. The average Bonchev–Trinajstić information content (AvgIpc) is 2.32. The minimum atomic E-state index is -0.434. The van der Waals surface area contributed by atoms with E-state index in [1.54, 1.807) is 19.1 Å². The first kappa shape index (κ1) is 12.0. The molecule has 0 radical (unpaired) electrons. The lowest BCUT2D eigenvalue weighted by atomic mass is 10.1. The molecule has 1 aromatic heterocycles. The molecule has 1 heterocycles. The summed E-state index contributed by atoms with van der Waals surface area (Å²) in [4.78, 5) is 15.3. The fraction of sp³-hybridized carbons (Fsp3) is 0.273. The number of hydrogen-bond donors (Lipinski definition) is 2. The second-order valence-electron chi connectivity index (χ2n) is 3.05. The summed E-state index contributed by atoms with van der Waals surface area (Å²) in [5.41, 5.74) is 0.942. The van der Waals surface area contributed by atoms with Crippen LogP contribution in [0.25, 0.3) is 0 Å². The second-order valence-corrected chi connectivity index (χ2v) is 3.05.